The van der Waals surface area contributed by atoms with Crippen LogP contribution in [0.3, 0.4) is 0 Å². The average molecular weight is 462 g/mol. The van der Waals surface area contributed by atoms with Gasteiger partial charge in [-0.1, -0.05) is 11.3 Å². The van der Waals surface area contributed by atoms with E-state index in [0.29, 0.717) is 10.2 Å². The molecule has 8 nitrogen and oxygen atoms in total. The number of aromatic nitrogens is 1. The summed E-state index contributed by atoms with van der Waals surface area (Å²) in [6.45, 7) is 1.62. The number of ether oxygens (including phenoxy) is 1. The summed E-state index contributed by atoms with van der Waals surface area (Å²) >= 11 is 4.17. The number of nitrogens with zero attached hydrogens (tertiary/aromatic N) is 2. The number of nitrogens with one attached hydrogen (secondary N) is 1. The van der Waals surface area contributed by atoms with E-state index in [9.17, 15) is 18.0 Å². The van der Waals surface area contributed by atoms with Crippen LogP contribution in [-0.4, -0.2) is 50.8 Å². The van der Waals surface area contributed by atoms with Gasteiger partial charge in [0.05, 0.1) is 17.7 Å². The molecule has 0 saturated carbocycles. The Kier molecular flexibility index (Phi) is 6.17. The van der Waals surface area contributed by atoms with Gasteiger partial charge < -0.3 is 4.74 Å². The molecule has 0 bridgehead atoms. The van der Waals surface area contributed by atoms with Crippen LogP contribution in [0.25, 0.3) is 0 Å². The highest BCUT2D eigenvalue weighted by atomic mass is 79.9. The molecule has 11 heteroatoms. The zero-order valence-electron chi connectivity index (χ0n) is 14.4. The van der Waals surface area contributed by atoms with Crippen molar-refractivity contribution in [3.05, 3.63) is 38.8 Å². The van der Waals surface area contributed by atoms with E-state index in [1.165, 1.54) is 39.4 Å². The second kappa shape index (κ2) is 7.82. The first-order valence-corrected chi connectivity index (χ1v) is 10.2. The molecule has 1 amide bonds. The fourth-order valence-electron chi connectivity index (χ4n) is 1.94. The molecule has 0 aliphatic heterocycles. The lowest BCUT2D eigenvalue weighted by Gasteiger charge is -2.13. The van der Waals surface area contributed by atoms with Crippen molar-refractivity contribution in [3.63, 3.8) is 0 Å². The van der Waals surface area contributed by atoms with E-state index in [4.69, 9.17) is 0 Å². The van der Waals surface area contributed by atoms with Crippen LogP contribution >= 0.6 is 27.3 Å². The van der Waals surface area contributed by atoms with Gasteiger partial charge in [-0.25, -0.2) is 22.5 Å². The Hall–Kier alpha value is -1.82. The fraction of sp³-hybridized carbons (Fsp3) is 0.267. The topological polar surface area (TPSA) is 106 Å². The molecule has 0 aliphatic rings. The van der Waals surface area contributed by atoms with Crippen molar-refractivity contribution >= 4 is 54.3 Å². The minimum absolute atomic E-state index is 0.0271. The first-order valence-electron chi connectivity index (χ1n) is 7.17. The van der Waals surface area contributed by atoms with E-state index < -0.39 is 21.9 Å². The molecule has 2 aromatic rings. The number of carbonyl (C=O) groups excluding carboxylic acids is 2. The Labute approximate surface area is 163 Å². The molecular weight excluding hydrogens is 446 g/mol. The molecule has 140 valence electrons. The third-order valence-corrected chi connectivity index (χ3v) is 7.20. The zero-order chi connectivity index (χ0) is 19.6. The fourth-order valence-corrected chi connectivity index (χ4v) is 4.66. The van der Waals surface area contributed by atoms with Gasteiger partial charge in [0, 0.05) is 24.1 Å². The third kappa shape index (κ3) is 4.11. The van der Waals surface area contributed by atoms with E-state index in [1.807, 2.05) is 0 Å². The first-order chi connectivity index (χ1) is 12.1. The lowest BCUT2D eigenvalue weighted by atomic mass is 10.2. The molecule has 0 aliphatic carbocycles. The van der Waals surface area contributed by atoms with E-state index >= 15 is 0 Å². The second-order valence-corrected chi connectivity index (χ2v) is 9.29. The molecule has 2 rings (SSSR count). The van der Waals surface area contributed by atoms with Gasteiger partial charge in [0.2, 0.25) is 10.0 Å². The van der Waals surface area contributed by atoms with Crippen LogP contribution in [0, 0.1) is 6.92 Å². The molecule has 0 saturated heterocycles. The van der Waals surface area contributed by atoms with E-state index in [-0.39, 0.29) is 20.5 Å². The van der Waals surface area contributed by atoms with Gasteiger partial charge in [-0.2, -0.15) is 0 Å². The van der Waals surface area contributed by atoms with Gasteiger partial charge >= 0.3 is 5.97 Å². The molecule has 0 atom stereocenters. The molecule has 0 unspecified atom stereocenters. The van der Waals surface area contributed by atoms with E-state index in [2.05, 4.69) is 31.0 Å². The highest BCUT2D eigenvalue weighted by molar-refractivity contribution is 9.10. The number of thiazole rings is 1. The Morgan fingerprint density at radius 3 is 2.54 bits per heavy atom. The minimum atomic E-state index is -3.72. The summed E-state index contributed by atoms with van der Waals surface area (Å²) in [6, 6.07) is 4.24. The smallest absolute Gasteiger partial charge is 0.350 e. The number of halogens is 1. The van der Waals surface area contributed by atoms with Crippen LogP contribution in [0.2, 0.25) is 0 Å². The summed E-state index contributed by atoms with van der Waals surface area (Å²) in [5, 5.41) is 2.78. The molecule has 26 heavy (non-hydrogen) atoms. The minimum Gasteiger partial charge on any atom is -0.465 e. The summed E-state index contributed by atoms with van der Waals surface area (Å²) < 4.78 is 30.7. The Balaban J connectivity index is 2.33. The molecule has 1 N–H and O–H groups in total. The van der Waals surface area contributed by atoms with Crippen molar-refractivity contribution in [2.24, 2.45) is 0 Å². The van der Waals surface area contributed by atoms with Crippen LogP contribution in [0.1, 0.15) is 25.7 Å². The SMILES string of the molecule is COC(=O)c1sc(NC(=O)c2ccc(Br)c(S(=O)(=O)N(C)C)c2)nc1C. The van der Waals surface area contributed by atoms with Gasteiger partial charge in [-0.15, -0.1) is 0 Å². The average Bonchev–Trinajstić information content (AvgIpc) is 2.94. The van der Waals surface area contributed by atoms with E-state index in [1.54, 1.807) is 6.92 Å². The highest BCUT2D eigenvalue weighted by Crippen LogP contribution is 2.27. The van der Waals surface area contributed by atoms with Crippen molar-refractivity contribution in [1.82, 2.24) is 9.29 Å². The van der Waals surface area contributed by atoms with Crippen LogP contribution in [-0.2, 0) is 14.8 Å². The number of esters is 1. The van der Waals surface area contributed by atoms with Gasteiger partial charge in [-0.05, 0) is 41.1 Å². The first kappa shape index (κ1) is 20.5. The number of hydrogen-bond donors (Lipinski definition) is 1. The molecule has 1 heterocycles. The van der Waals surface area contributed by atoms with Gasteiger partial charge in [-0.3, -0.25) is 10.1 Å². The lowest BCUT2D eigenvalue weighted by molar-refractivity contribution is 0.0605. The predicted octanol–water partition coefficient (Wildman–Crippen LogP) is 2.50. The number of benzene rings is 1. The largest absolute Gasteiger partial charge is 0.465 e. The van der Waals surface area contributed by atoms with Crippen molar-refractivity contribution in [2.75, 3.05) is 26.5 Å². The van der Waals surface area contributed by atoms with Crippen LogP contribution < -0.4 is 5.32 Å². The van der Waals surface area contributed by atoms with Gasteiger partial charge in [0.25, 0.3) is 5.91 Å². The van der Waals surface area contributed by atoms with Crippen molar-refractivity contribution in [2.45, 2.75) is 11.8 Å². The number of rotatable bonds is 5. The molecule has 0 spiro atoms. The summed E-state index contributed by atoms with van der Waals surface area (Å²) in [5.41, 5.74) is 0.574. The second-order valence-electron chi connectivity index (χ2n) is 5.31. The maximum absolute atomic E-state index is 12.5. The lowest BCUT2D eigenvalue weighted by Crippen LogP contribution is -2.23. The van der Waals surface area contributed by atoms with Crippen LogP contribution in [0.15, 0.2) is 27.6 Å². The Bertz CT molecular complexity index is 970. The van der Waals surface area contributed by atoms with Gasteiger partial charge in [0.1, 0.15) is 4.88 Å². The maximum Gasteiger partial charge on any atom is 0.350 e. The maximum atomic E-state index is 12.5. The summed E-state index contributed by atoms with van der Waals surface area (Å²) in [5.74, 6) is -1.08. The molecule has 0 fully saturated rings. The number of sulfonamides is 1. The van der Waals surface area contributed by atoms with E-state index in [0.717, 1.165) is 15.6 Å². The van der Waals surface area contributed by atoms with Crippen molar-refractivity contribution in [1.29, 1.82) is 0 Å². The number of carbonyl (C=O) groups is 2. The number of aryl methyl sites for hydroxylation is 1. The predicted molar refractivity (Wildman–Crippen MR) is 101 cm³/mol. The zero-order valence-corrected chi connectivity index (χ0v) is 17.6. The summed E-state index contributed by atoms with van der Waals surface area (Å²) in [4.78, 5) is 28.4. The molecular formula is C15H16BrN3O5S2. The highest BCUT2D eigenvalue weighted by Gasteiger charge is 2.23. The normalized spacial score (nSPS) is 11.5. The quantitative estimate of drug-likeness (QED) is 0.685. The monoisotopic (exact) mass is 461 g/mol. The summed E-state index contributed by atoms with van der Waals surface area (Å²) in [6.07, 6.45) is 0. The number of amides is 1. The number of hydrogen-bond acceptors (Lipinski definition) is 7. The number of methoxy groups -OCH3 is 1. The molecule has 1 aromatic heterocycles. The Morgan fingerprint density at radius 1 is 1.31 bits per heavy atom. The molecule has 0 radical (unpaired) electrons. The Morgan fingerprint density at radius 2 is 1.96 bits per heavy atom. The summed E-state index contributed by atoms with van der Waals surface area (Å²) in [7, 11) is 0.345. The molecule has 1 aromatic carbocycles. The third-order valence-electron chi connectivity index (χ3n) is 3.34. The standard InChI is InChI=1S/C15H16BrN3O5S2/c1-8-12(14(21)24-4)25-15(17-8)18-13(20)9-5-6-10(16)11(7-9)26(22,23)19(2)3/h5-7H,1-4H3,(H,17,18,20). The van der Waals surface area contributed by atoms with Crippen molar-refractivity contribution < 1.29 is 22.7 Å². The van der Waals surface area contributed by atoms with Crippen molar-refractivity contribution in [3.8, 4) is 0 Å². The van der Waals surface area contributed by atoms with Crippen LogP contribution in [0.4, 0.5) is 5.13 Å². The van der Waals surface area contributed by atoms with Gasteiger partial charge in [0.15, 0.2) is 5.13 Å². The number of anilines is 1. The van der Waals surface area contributed by atoms with Crippen LogP contribution in [0.5, 0.6) is 0 Å².